The number of rotatable bonds is 10. The predicted molar refractivity (Wildman–Crippen MR) is 112 cm³/mol. The molecule has 4 heterocycles. The molecule has 1 aliphatic rings. The van der Waals surface area contributed by atoms with Crippen molar-refractivity contribution in [2.75, 3.05) is 18.0 Å². The van der Waals surface area contributed by atoms with Crippen molar-refractivity contribution < 1.29 is 18.5 Å². The first kappa shape index (κ1) is 21.1. The first-order valence-electron chi connectivity index (χ1n) is 10.3. The Bertz CT molecular complexity index is 1030. The van der Waals surface area contributed by atoms with E-state index in [1.165, 1.54) is 0 Å². The second kappa shape index (κ2) is 9.34. The zero-order valence-corrected chi connectivity index (χ0v) is 17.8. The molecule has 1 N–H and O–H groups in total. The normalized spacial score (nSPS) is 16.1. The van der Waals surface area contributed by atoms with Gasteiger partial charge in [-0.3, -0.25) is 4.90 Å². The fraction of sp³-hybridized carbons (Fsp3) is 0.450. The number of fused-ring (bicyclic) bond motifs is 1. The van der Waals surface area contributed by atoms with E-state index in [0.717, 1.165) is 25.5 Å². The van der Waals surface area contributed by atoms with Crippen molar-refractivity contribution in [1.82, 2.24) is 25.0 Å². The van der Waals surface area contributed by atoms with Gasteiger partial charge in [0.15, 0.2) is 17.4 Å². The number of aromatic amines is 1. The summed E-state index contributed by atoms with van der Waals surface area (Å²) in [6.45, 7) is 2.97. The lowest BCUT2D eigenvalue weighted by Crippen LogP contribution is -2.50. The molecule has 3 aromatic heterocycles. The Kier molecular flexibility index (Phi) is 6.36. The monoisotopic (exact) mass is 446 g/mol. The van der Waals surface area contributed by atoms with Gasteiger partial charge in [0.25, 0.3) is 5.89 Å². The number of carbonyl (C=O) groups excluding carboxylic acids is 2. The van der Waals surface area contributed by atoms with Crippen LogP contribution in [0.5, 0.6) is 0 Å². The number of hydrogen-bond donors (Lipinski definition) is 1. The van der Waals surface area contributed by atoms with E-state index in [2.05, 4.69) is 20.1 Å². The number of furan rings is 1. The molecule has 1 unspecified atom stereocenters. The topological polar surface area (TPSA) is 121 Å². The van der Waals surface area contributed by atoms with Gasteiger partial charge in [0.2, 0.25) is 5.28 Å². The summed E-state index contributed by atoms with van der Waals surface area (Å²) in [4.78, 5) is 39.6. The zero-order valence-electron chi connectivity index (χ0n) is 17.1. The molecule has 1 aliphatic heterocycles. The highest BCUT2D eigenvalue weighted by molar-refractivity contribution is 6.28. The predicted octanol–water partition coefficient (Wildman–Crippen LogP) is 4.01. The van der Waals surface area contributed by atoms with Crippen LogP contribution in [0.2, 0.25) is 5.28 Å². The smallest absolute Gasteiger partial charge is 0.326 e. The standard InChI is InChI=1S/C20H23ClN6O4/c1-2-3-9-27-17-16(23-19(21)24-17)13(12-28)26(20(27)29)10-5-4-8-15-22-18(31-25-15)14-7-6-11-30-14/h6-7,11-13H,2-5,8-10H2,1H3,(H,23,24). The van der Waals surface area contributed by atoms with Crippen LogP contribution in [-0.2, 0) is 11.2 Å². The van der Waals surface area contributed by atoms with E-state index in [4.69, 9.17) is 20.5 Å². The molecule has 4 rings (SSSR count). The maximum atomic E-state index is 13.1. The number of carbonyl (C=O) groups is 2. The Morgan fingerprint density at radius 3 is 2.87 bits per heavy atom. The second-order valence-corrected chi connectivity index (χ2v) is 7.64. The van der Waals surface area contributed by atoms with Crippen molar-refractivity contribution in [3.8, 4) is 11.7 Å². The maximum Gasteiger partial charge on any atom is 0.326 e. The molecule has 164 valence electrons. The number of nitrogens with one attached hydrogen (secondary N) is 1. The van der Waals surface area contributed by atoms with E-state index >= 15 is 0 Å². The molecule has 0 saturated heterocycles. The molecule has 31 heavy (non-hydrogen) atoms. The number of imidazole rings is 1. The molecule has 0 fully saturated rings. The molecule has 0 spiro atoms. The minimum Gasteiger partial charge on any atom is -0.459 e. The highest BCUT2D eigenvalue weighted by Gasteiger charge is 2.39. The molecular weight excluding hydrogens is 424 g/mol. The largest absolute Gasteiger partial charge is 0.459 e. The van der Waals surface area contributed by atoms with Crippen molar-refractivity contribution in [2.45, 2.75) is 45.1 Å². The lowest BCUT2D eigenvalue weighted by atomic mass is 10.1. The third kappa shape index (κ3) is 4.34. The fourth-order valence-corrected chi connectivity index (χ4v) is 3.78. The second-order valence-electron chi connectivity index (χ2n) is 7.28. The molecular formula is C20H23ClN6O4. The quantitative estimate of drug-likeness (QED) is 0.368. The number of halogens is 1. The third-order valence-corrected chi connectivity index (χ3v) is 5.34. The summed E-state index contributed by atoms with van der Waals surface area (Å²) in [7, 11) is 0. The average Bonchev–Trinajstić information content (AvgIpc) is 3.51. The molecule has 10 nitrogen and oxygen atoms in total. The summed E-state index contributed by atoms with van der Waals surface area (Å²) >= 11 is 6.03. The maximum absolute atomic E-state index is 13.1. The highest BCUT2D eigenvalue weighted by Crippen LogP contribution is 2.35. The summed E-state index contributed by atoms with van der Waals surface area (Å²) in [5, 5.41) is 4.13. The van der Waals surface area contributed by atoms with Gasteiger partial charge in [-0.15, -0.1) is 0 Å². The zero-order chi connectivity index (χ0) is 21.8. The van der Waals surface area contributed by atoms with Crippen molar-refractivity contribution in [3.63, 3.8) is 0 Å². The van der Waals surface area contributed by atoms with Crippen molar-refractivity contribution in [1.29, 1.82) is 0 Å². The summed E-state index contributed by atoms with van der Waals surface area (Å²) in [5.41, 5.74) is 0.553. The van der Waals surface area contributed by atoms with E-state index in [-0.39, 0.29) is 11.3 Å². The molecule has 2 amide bonds. The minimum absolute atomic E-state index is 0.164. The van der Waals surface area contributed by atoms with E-state index in [9.17, 15) is 9.59 Å². The van der Waals surface area contributed by atoms with Crippen LogP contribution >= 0.6 is 11.6 Å². The first-order chi connectivity index (χ1) is 15.1. The number of unbranched alkanes of at least 4 members (excludes halogenated alkanes) is 2. The van der Waals surface area contributed by atoms with Crippen molar-refractivity contribution >= 4 is 29.7 Å². The summed E-state index contributed by atoms with van der Waals surface area (Å²) in [6, 6.07) is 2.52. The van der Waals surface area contributed by atoms with Gasteiger partial charge in [0.05, 0.1) is 12.0 Å². The molecule has 0 radical (unpaired) electrons. The van der Waals surface area contributed by atoms with Crippen LogP contribution in [0, 0.1) is 0 Å². The Balaban J connectivity index is 1.40. The van der Waals surface area contributed by atoms with Gasteiger partial charge in [-0.2, -0.15) is 9.97 Å². The van der Waals surface area contributed by atoms with Crippen LogP contribution in [0.3, 0.4) is 0 Å². The van der Waals surface area contributed by atoms with Crippen LogP contribution in [-0.4, -0.2) is 50.4 Å². The lowest BCUT2D eigenvalue weighted by molar-refractivity contribution is -0.112. The number of aldehydes is 1. The van der Waals surface area contributed by atoms with Gasteiger partial charge in [-0.1, -0.05) is 18.5 Å². The van der Waals surface area contributed by atoms with Gasteiger partial charge in [-0.25, -0.2) is 4.79 Å². The Morgan fingerprint density at radius 2 is 2.13 bits per heavy atom. The molecule has 0 aromatic carbocycles. The Morgan fingerprint density at radius 1 is 1.26 bits per heavy atom. The fourth-order valence-electron chi connectivity index (χ4n) is 3.60. The Labute approximate surface area is 183 Å². The molecule has 3 aromatic rings. The van der Waals surface area contributed by atoms with Crippen LogP contribution in [0.15, 0.2) is 27.3 Å². The van der Waals surface area contributed by atoms with Gasteiger partial charge in [-0.05, 0) is 43.0 Å². The molecule has 0 aliphatic carbocycles. The number of H-pyrrole nitrogens is 1. The highest BCUT2D eigenvalue weighted by atomic mass is 35.5. The number of aryl methyl sites for hydroxylation is 1. The number of urea groups is 1. The summed E-state index contributed by atoms with van der Waals surface area (Å²) < 4.78 is 10.5. The number of hydrogen-bond acceptors (Lipinski definition) is 7. The van der Waals surface area contributed by atoms with Gasteiger partial charge >= 0.3 is 6.03 Å². The molecule has 11 heteroatoms. The van der Waals surface area contributed by atoms with Crippen LogP contribution in [0.4, 0.5) is 10.6 Å². The van der Waals surface area contributed by atoms with E-state index in [0.29, 0.717) is 54.9 Å². The number of anilines is 1. The van der Waals surface area contributed by atoms with Gasteiger partial charge in [0, 0.05) is 19.5 Å². The first-order valence-corrected chi connectivity index (χ1v) is 10.7. The number of amides is 2. The molecule has 0 saturated carbocycles. The van der Waals surface area contributed by atoms with Crippen molar-refractivity contribution in [3.05, 3.63) is 35.2 Å². The molecule has 1 atom stereocenters. The van der Waals surface area contributed by atoms with Crippen LogP contribution in [0.1, 0.15) is 50.2 Å². The summed E-state index contributed by atoms with van der Waals surface area (Å²) in [6.07, 6.45) is 6.01. The lowest BCUT2D eigenvalue weighted by Gasteiger charge is -2.38. The average molecular weight is 447 g/mol. The van der Waals surface area contributed by atoms with Gasteiger partial charge < -0.3 is 23.6 Å². The number of nitrogens with zero attached hydrogens (tertiary/aromatic N) is 5. The SMILES string of the molecule is CCCCN1C(=O)N(CCCCc2noc(-c3ccco3)n2)C(C=O)c2[nH]c(Cl)nc21. The van der Waals surface area contributed by atoms with Crippen LogP contribution < -0.4 is 4.90 Å². The van der Waals surface area contributed by atoms with Gasteiger partial charge in [0.1, 0.15) is 12.3 Å². The Hall–Kier alpha value is -3.14. The summed E-state index contributed by atoms with van der Waals surface area (Å²) in [5.74, 6) is 1.86. The number of aromatic nitrogens is 4. The van der Waals surface area contributed by atoms with Crippen molar-refractivity contribution in [2.24, 2.45) is 0 Å². The minimum atomic E-state index is -0.740. The van der Waals surface area contributed by atoms with E-state index in [1.807, 2.05) is 6.92 Å². The molecule has 0 bridgehead atoms. The van der Waals surface area contributed by atoms with E-state index < -0.39 is 6.04 Å². The third-order valence-electron chi connectivity index (χ3n) is 5.16. The van der Waals surface area contributed by atoms with E-state index in [1.54, 1.807) is 28.2 Å². The van der Waals surface area contributed by atoms with Crippen LogP contribution in [0.25, 0.3) is 11.7 Å².